The van der Waals surface area contributed by atoms with Crippen LogP contribution in [0.25, 0.3) is 100 Å². The van der Waals surface area contributed by atoms with E-state index in [9.17, 15) is 0 Å². The molecule has 5 nitrogen and oxygen atoms in total. The Morgan fingerprint density at radius 2 is 0.766 bits per heavy atom. The number of para-hydroxylation sites is 1. The summed E-state index contributed by atoms with van der Waals surface area (Å²) in [7, 11) is 0. The van der Waals surface area contributed by atoms with E-state index in [-0.39, 0.29) is 0 Å². The van der Waals surface area contributed by atoms with Gasteiger partial charge in [0.15, 0.2) is 11.6 Å². The Labute approximate surface area is 374 Å². The molecular formula is C59H49N5. The fourth-order valence-corrected chi connectivity index (χ4v) is 10.5. The first-order valence-corrected chi connectivity index (χ1v) is 22.2. The van der Waals surface area contributed by atoms with Gasteiger partial charge in [0.1, 0.15) is 0 Å². The van der Waals surface area contributed by atoms with Crippen molar-refractivity contribution in [1.29, 1.82) is 0 Å². The number of rotatable bonds is 6. The molecule has 0 radical (unpaired) electrons. The minimum Gasteiger partial charge on any atom is -0.309 e. The van der Waals surface area contributed by atoms with Crippen LogP contribution in [0.1, 0.15) is 44.5 Å². The normalized spacial score (nSPS) is 11.8. The van der Waals surface area contributed by atoms with E-state index in [0.717, 1.165) is 49.7 Å². The Morgan fingerprint density at radius 3 is 1.30 bits per heavy atom. The lowest BCUT2D eigenvalue weighted by Crippen LogP contribution is -2.08. The Balaban J connectivity index is 1.20. The van der Waals surface area contributed by atoms with Crippen molar-refractivity contribution in [3.05, 3.63) is 196 Å². The molecule has 0 amide bonds. The van der Waals surface area contributed by atoms with E-state index >= 15 is 0 Å². The summed E-state index contributed by atoms with van der Waals surface area (Å²) in [6.45, 7) is 17.6. The van der Waals surface area contributed by atoms with Crippen molar-refractivity contribution < 1.29 is 0 Å². The maximum Gasteiger partial charge on any atom is 0.238 e. The van der Waals surface area contributed by atoms with Gasteiger partial charge < -0.3 is 4.57 Å². The first-order chi connectivity index (χ1) is 31.0. The average Bonchev–Trinajstić information content (AvgIpc) is 3.77. The quantitative estimate of drug-likeness (QED) is 0.168. The lowest BCUT2D eigenvalue weighted by Gasteiger charge is -2.15. The second-order valence-electron chi connectivity index (χ2n) is 17.9. The molecule has 0 aliphatic heterocycles. The maximum absolute atomic E-state index is 5.50. The van der Waals surface area contributed by atoms with E-state index in [1.807, 2.05) is 18.2 Å². The van der Waals surface area contributed by atoms with Crippen molar-refractivity contribution in [3.63, 3.8) is 0 Å². The van der Waals surface area contributed by atoms with Crippen molar-refractivity contribution in [2.45, 2.75) is 55.4 Å². The Hall–Kier alpha value is -7.63. The van der Waals surface area contributed by atoms with Crippen LogP contribution in [0.4, 0.5) is 0 Å². The number of aromatic nitrogens is 5. The van der Waals surface area contributed by atoms with E-state index < -0.39 is 0 Å². The minimum atomic E-state index is 0.568. The molecule has 0 saturated heterocycles. The summed E-state index contributed by atoms with van der Waals surface area (Å²) in [4.78, 5) is 16.2. The average molecular weight is 828 g/mol. The Morgan fingerprint density at radius 1 is 0.328 bits per heavy atom. The molecule has 0 fully saturated rings. The van der Waals surface area contributed by atoms with Crippen molar-refractivity contribution in [2.24, 2.45) is 0 Å². The van der Waals surface area contributed by atoms with Crippen LogP contribution in [0.3, 0.4) is 0 Å². The molecule has 0 aliphatic rings. The predicted octanol–water partition coefficient (Wildman–Crippen LogP) is 15.2. The smallest absolute Gasteiger partial charge is 0.238 e. The molecule has 0 aliphatic carbocycles. The standard InChI is InChI=1S/C59H49N5/c1-34-18-22-51-46(30-34)47-31-35(2)19-23-52(47)63(51)50-17-13-12-16-45(50)58-60-57(42-14-10-9-11-15-42)61-59(62-58)64-53-24-20-43(55-38(5)26-36(3)27-39(55)6)32-48(53)49-33-44(21-25-54(49)64)56-40(7)28-37(4)29-41(56)8/h9-33H,1-8H3. The molecule has 5 heteroatoms. The Kier molecular flexibility index (Phi) is 9.21. The van der Waals surface area contributed by atoms with E-state index in [4.69, 9.17) is 15.0 Å². The molecule has 11 aromatic rings. The van der Waals surface area contributed by atoms with E-state index in [2.05, 4.69) is 198 Å². The van der Waals surface area contributed by atoms with Crippen LogP contribution < -0.4 is 0 Å². The van der Waals surface area contributed by atoms with Crippen molar-refractivity contribution in [3.8, 4) is 56.7 Å². The monoisotopic (exact) mass is 827 g/mol. The van der Waals surface area contributed by atoms with Gasteiger partial charge in [-0.2, -0.15) is 9.97 Å². The molecule has 0 N–H and O–H groups in total. The molecule has 310 valence electrons. The van der Waals surface area contributed by atoms with Gasteiger partial charge in [0, 0.05) is 32.7 Å². The number of aryl methyl sites for hydroxylation is 8. The highest BCUT2D eigenvalue weighted by Gasteiger charge is 2.23. The summed E-state index contributed by atoms with van der Waals surface area (Å²) in [5, 5.41) is 4.75. The van der Waals surface area contributed by atoms with Gasteiger partial charge in [0.2, 0.25) is 5.95 Å². The molecule has 3 aromatic heterocycles. The molecule has 11 rings (SSSR count). The summed E-state index contributed by atoms with van der Waals surface area (Å²) < 4.78 is 4.62. The van der Waals surface area contributed by atoms with Crippen LogP contribution in [0, 0.1) is 55.4 Å². The number of benzene rings is 8. The van der Waals surface area contributed by atoms with Crippen LogP contribution in [-0.2, 0) is 0 Å². The molecule has 0 saturated carbocycles. The number of hydrogen-bond donors (Lipinski definition) is 0. The summed E-state index contributed by atoms with van der Waals surface area (Å²) in [6, 6.07) is 55.2. The molecule has 64 heavy (non-hydrogen) atoms. The molecule has 0 spiro atoms. The van der Waals surface area contributed by atoms with E-state index in [1.54, 1.807) is 0 Å². The molecule has 0 bridgehead atoms. The number of fused-ring (bicyclic) bond motifs is 6. The molecule has 3 heterocycles. The van der Waals surface area contributed by atoms with Crippen LogP contribution in [0.2, 0.25) is 0 Å². The van der Waals surface area contributed by atoms with Gasteiger partial charge in [0.05, 0.1) is 27.8 Å². The zero-order valence-electron chi connectivity index (χ0n) is 37.7. The van der Waals surface area contributed by atoms with Gasteiger partial charge in [-0.3, -0.25) is 4.57 Å². The second kappa shape index (κ2) is 15.0. The van der Waals surface area contributed by atoms with Gasteiger partial charge in [-0.05, 0) is 161 Å². The largest absolute Gasteiger partial charge is 0.309 e. The molecule has 8 aromatic carbocycles. The third kappa shape index (κ3) is 6.42. The zero-order valence-corrected chi connectivity index (χ0v) is 37.7. The lowest BCUT2D eigenvalue weighted by atomic mass is 9.91. The van der Waals surface area contributed by atoms with Crippen LogP contribution in [0.15, 0.2) is 152 Å². The topological polar surface area (TPSA) is 48.5 Å². The number of nitrogens with zero attached hydrogens (tertiary/aromatic N) is 5. The molecular weight excluding hydrogens is 779 g/mol. The minimum absolute atomic E-state index is 0.568. The van der Waals surface area contributed by atoms with Gasteiger partial charge >= 0.3 is 0 Å². The van der Waals surface area contributed by atoms with Crippen LogP contribution in [-0.4, -0.2) is 24.1 Å². The fourth-order valence-electron chi connectivity index (χ4n) is 10.5. The number of hydrogen-bond acceptors (Lipinski definition) is 3. The molecule has 0 unspecified atom stereocenters. The highest BCUT2D eigenvalue weighted by molar-refractivity contribution is 6.12. The van der Waals surface area contributed by atoms with Crippen molar-refractivity contribution in [1.82, 2.24) is 24.1 Å². The van der Waals surface area contributed by atoms with Gasteiger partial charge in [-0.15, -0.1) is 0 Å². The molecule has 0 atom stereocenters. The van der Waals surface area contributed by atoms with Gasteiger partial charge in [-0.1, -0.05) is 113 Å². The fraction of sp³-hybridized carbons (Fsp3) is 0.136. The highest BCUT2D eigenvalue weighted by atomic mass is 15.2. The summed E-state index contributed by atoms with van der Waals surface area (Å²) in [5.74, 6) is 1.79. The van der Waals surface area contributed by atoms with Gasteiger partial charge in [-0.25, -0.2) is 4.98 Å². The first kappa shape index (κ1) is 39.2. The Bertz CT molecular complexity index is 3480. The van der Waals surface area contributed by atoms with E-state index in [1.165, 1.54) is 77.5 Å². The highest BCUT2D eigenvalue weighted by Crippen LogP contribution is 2.41. The third-order valence-electron chi connectivity index (χ3n) is 13.0. The maximum atomic E-state index is 5.50. The van der Waals surface area contributed by atoms with Gasteiger partial charge in [0.25, 0.3) is 0 Å². The lowest BCUT2D eigenvalue weighted by molar-refractivity contribution is 0.951. The third-order valence-corrected chi connectivity index (χ3v) is 13.0. The van der Waals surface area contributed by atoms with E-state index in [0.29, 0.717) is 17.6 Å². The summed E-state index contributed by atoms with van der Waals surface area (Å²) in [5.41, 5.74) is 22.2. The predicted molar refractivity (Wildman–Crippen MR) is 268 cm³/mol. The zero-order chi connectivity index (χ0) is 44.0. The second-order valence-corrected chi connectivity index (χ2v) is 17.9. The SMILES string of the molecule is Cc1cc(C)c(-c2ccc3c(c2)c2cc(-c4c(C)cc(C)cc4C)ccc2n3-c2nc(-c3ccccc3)nc(-c3ccccc3-n3c4ccc(C)cc4c4cc(C)ccc43)n2)c(C)c1. The van der Waals surface area contributed by atoms with Crippen LogP contribution in [0.5, 0.6) is 0 Å². The van der Waals surface area contributed by atoms with Crippen molar-refractivity contribution in [2.75, 3.05) is 0 Å². The summed E-state index contributed by atoms with van der Waals surface area (Å²) >= 11 is 0. The summed E-state index contributed by atoms with van der Waals surface area (Å²) in [6.07, 6.45) is 0. The van der Waals surface area contributed by atoms with Crippen LogP contribution >= 0.6 is 0 Å². The van der Waals surface area contributed by atoms with Crippen molar-refractivity contribution >= 4 is 43.6 Å². The first-order valence-electron chi connectivity index (χ1n) is 22.2.